The molecular formula is C14H18FNO2. The van der Waals surface area contributed by atoms with Crippen molar-refractivity contribution < 1.29 is 14.3 Å². The molecule has 18 heavy (non-hydrogen) atoms. The fourth-order valence-corrected chi connectivity index (χ4v) is 2.65. The third kappa shape index (κ3) is 2.53. The fraction of sp³-hybridized carbons (Fsp3) is 0.500. The van der Waals surface area contributed by atoms with Crippen LogP contribution in [0.3, 0.4) is 0 Å². The number of carboxylic acid groups (broad SMARTS) is 1. The van der Waals surface area contributed by atoms with Crippen molar-refractivity contribution in [2.45, 2.75) is 38.8 Å². The number of carbonyl (C=O) groups is 1. The molecule has 0 spiro atoms. The van der Waals surface area contributed by atoms with E-state index in [-0.39, 0.29) is 5.56 Å². The number of carboxylic acids is 1. The number of hydrogen-bond donors (Lipinski definition) is 1. The second-order valence-electron chi connectivity index (χ2n) is 4.76. The van der Waals surface area contributed by atoms with Crippen LogP contribution in [0.4, 0.5) is 4.39 Å². The summed E-state index contributed by atoms with van der Waals surface area (Å²) in [7, 11) is 0. The van der Waals surface area contributed by atoms with Crippen molar-refractivity contribution in [2.24, 2.45) is 0 Å². The standard InChI is InChI=1S/C14H18FNO2/c1-2-11-6-4-8-16(11)9-10-5-3-7-12(13(10)15)14(17)18/h3,5,7,11H,2,4,6,8-9H2,1H3,(H,17,18). The van der Waals surface area contributed by atoms with Gasteiger partial charge in [0.15, 0.2) is 0 Å². The lowest BCUT2D eigenvalue weighted by molar-refractivity contribution is 0.0691. The molecule has 0 amide bonds. The van der Waals surface area contributed by atoms with Crippen LogP contribution in [0.15, 0.2) is 18.2 Å². The molecular weight excluding hydrogens is 233 g/mol. The van der Waals surface area contributed by atoms with E-state index in [1.54, 1.807) is 12.1 Å². The number of benzene rings is 1. The number of nitrogens with zero attached hydrogens (tertiary/aromatic N) is 1. The first kappa shape index (κ1) is 13.0. The highest BCUT2D eigenvalue weighted by Gasteiger charge is 2.24. The minimum absolute atomic E-state index is 0.236. The molecule has 1 N–H and O–H groups in total. The normalized spacial score (nSPS) is 20.2. The van der Waals surface area contributed by atoms with Crippen molar-refractivity contribution in [3.05, 3.63) is 35.1 Å². The fourth-order valence-electron chi connectivity index (χ4n) is 2.65. The SMILES string of the molecule is CCC1CCCN1Cc1cccc(C(=O)O)c1F. The Morgan fingerprint density at radius 1 is 1.56 bits per heavy atom. The van der Waals surface area contributed by atoms with Gasteiger partial charge in [-0.05, 0) is 31.9 Å². The molecule has 2 rings (SSSR count). The summed E-state index contributed by atoms with van der Waals surface area (Å²) in [5.74, 6) is -1.80. The van der Waals surface area contributed by atoms with E-state index in [2.05, 4.69) is 11.8 Å². The molecule has 1 aromatic rings. The van der Waals surface area contributed by atoms with E-state index in [1.165, 1.54) is 6.07 Å². The van der Waals surface area contributed by atoms with Crippen LogP contribution in [0, 0.1) is 5.82 Å². The van der Waals surface area contributed by atoms with Crippen LogP contribution >= 0.6 is 0 Å². The highest BCUT2D eigenvalue weighted by Crippen LogP contribution is 2.24. The lowest BCUT2D eigenvalue weighted by Crippen LogP contribution is -2.28. The Hall–Kier alpha value is -1.42. The summed E-state index contributed by atoms with van der Waals surface area (Å²) in [6.07, 6.45) is 3.34. The van der Waals surface area contributed by atoms with Crippen molar-refractivity contribution in [1.29, 1.82) is 0 Å². The third-order valence-electron chi connectivity index (χ3n) is 3.65. The molecule has 1 aliphatic heterocycles. The van der Waals surface area contributed by atoms with Gasteiger partial charge >= 0.3 is 5.97 Å². The van der Waals surface area contributed by atoms with Crippen LogP contribution in [-0.2, 0) is 6.54 Å². The van der Waals surface area contributed by atoms with Crippen molar-refractivity contribution in [3.63, 3.8) is 0 Å². The van der Waals surface area contributed by atoms with Gasteiger partial charge in [-0.15, -0.1) is 0 Å². The zero-order valence-electron chi connectivity index (χ0n) is 10.5. The maximum Gasteiger partial charge on any atom is 0.338 e. The smallest absolute Gasteiger partial charge is 0.338 e. The van der Waals surface area contributed by atoms with E-state index in [4.69, 9.17) is 5.11 Å². The van der Waals surface area contributed by atoms with Crippen LogP contribution in [0.2, 0.25) is 0 Å². The van der Waals surface area contributed by atoms with Gasteiger partial charge in [-0.2, -0.15) is 0 Å². The summed E-state index contributed by atoms with van der Waals surface area (Å²) in [4.78, 5) is 13.1. The molecule has 1 aliphatic rings. The molecule has 0 saturated carbocycles. The molecule has 1 saturated heterocycles. The molecule has 1 unspecified atom stereocenters. The van der Waals surface area contributed by atoms with Gasteiger partial charge in [0.25, 0.3) is 0 Å². The summed E-state index contributed by atoms with van der Waals surface area (Å²) < 4.78 is 14.0. The molecule has 1 heterocycles. The molecule has 1 atom stereocenters. The molecule has 1 fully saturated rings. The van der Waals surface area contributed by atoms with E-state index in [9.17, 15) is 9.18 Å². The van der Waals surface area contributed by atoms with E-state index in [0.29, 0.717) is 18.2 Å². The Kier molecular flexibility index (Phi) is 3.97. The lowest BCUT2D eigenvalue weighted by Gasteiger charge is -2.23. The van der Waals surface area contributed by atoms with Crippen molar-refractivity contribution in [3.8, 4) is 0 Å². The Bertz CT molecular complexity index is 447. The zero-order chi connectivity index (χ0) is 13.1. The second kappa shape index (κ2) is 5.48. The minimum Gasteiger partial charge on any atom is -0.478 e. The van der Waals surface area contributed by atoms with Crippen LogP contribution in [0.25, 0.3) is 0 Å². The second-order valence-corrected chi connectivity index (χ2v) is 4.76. The first-order valence-electron chi connectivity index (χ1n) is 6.38. The highest BCUT2D eigenvalue weighted by molar-refractivity contribution is 5.88. The summed E-state index contributed by atoms with van der Waals surface area (Å²) in [5, 5.41) is 8.90. The first-order chi connectivity index (χ1) is 8.63. The number of rotatable bonds is 4. The van der Waals surface area contributed by atoms with Gasteiger partial charge in [-0.25, -0.2) is 9.18 Å². The summed E-state index contributed by atoms with van der Waals surface area (Å²) in [5.41, 5.74) is 0.245. The van der Waals surface area contributed by atoms with Gasteiger partial charge < -0.3 is 5.11 Å². The quantitative estimate of drug-likeness (QED) is 0.894. The molecule has 0 aliphatic carbocycles. The zero-order valence-corrected chi connectivity index (χ0v) is 10.5. The predicted octanol–water partition coefficient (Wildman–Crippen LogP) is 2.90. The average Bonchev–Trinajstić information content (AvgIpc) is 2.78. The van der Waals surface area contributed by atoms with E-state index in [1.807, 2.05) is 0 Å². The van der Waals surface area contributed by atoms with E-state index < -0.39 is 11.8 Å². The summed E-state index contributed by atoms with van der Waals surface area (Å²) in [6, 6.07) is 5.09. The maximum atomic E-state index is 14.0. The number of halogens is 1. The van der Waals surface area contributed by atoms with Crippen LogP contribution in [-0.4, -0.2) is 28.6 Å². The van der Waals surface area contributed by atoms with Gasteiger partial charge in [0.2, 0.25) is 0 Å². The first-order valence-corrected chi connectivity index (χ1v) is 6.38. The van der Waals surface area contributed by atoms with Crippen molar-refractivity contribution in [2.75, 3.05) is 6.54 Å². The Labute approximate surface area is 106 Å². The highest BCUT2D eigenvalue weighted by atomic mass is 19.1. The molecule has 0 aromatic heterocycles. The Morgan fingerprint density at radius 3 is 3.00 bits per heavy atom. The lowest BCUT2D eigenvalue weighted by atomic mass is 10.1. The molecule has 98 valence electrons. The Balaban J connectivity index is 2.19. The predicted molar refractivity (Wildman–Crippen MR) is 67.1 cm³/mol. The van der Waals surface area contributed by atoms with Gasteiger partial charge in [0.1, 0.15) is 5.82 Å². The number of likely N-dealkylation sites (tertiary alicyclic amines) is 1. The molecule has 4 heteroatoms. The van der Waals surface area contributed by atoms with Crippen molar-refractivity contribution in [1.82, 2.24) is 4.90 Å². The third-order valence-corrected chi connectivity index (χ3v) is 3.65. The molecule has 0 radical (unpaired) electrons. The summed E-state index contributed by atoms with van der Waals surface area (Å²) in [6.45, 7) is 3.60. The topological polar surface area (TPSA) is 40.5 Å². The summed E-state index contributed by atoms with van der Waals surface area (Å²) >= 11 is 0. The van der Waals surface area contributed by atoms with Crippen LogP contribution in [0.5, 0.6) is 0 Å². The van der Waals surface area contributed by atoms with Gasteiger partial charge in [-0.3, -0.25) is 4.90 Å². The molecule has 3 nitrogen and oxygen atoms in total. The van der Waals surface area contributed by atoms with Crippen molar-refractivity contribution >= 4 is 5.97 Å². The van der Waals surface area contributed by atoms with Gasteiger partial charge in [0, 0.05) is 18.2 Å². The van der Waals surface area contributed by atoms with Gasteiger partial charge in [0.05, 0.1) is 5.56 Å². The van der Waals surface area contributed by atoms with Gasteiger partial charge in [-0.1, -0.05) is 19.1 Å². The van der Waals surface area contributed by atoms with Crippen LogP contribution < -0.4 is 0 Å². The Morgan fingerprint density at radius 2 is 2.33 bits per heavy atom. The largest absolute Gasteiger partial charge is 0.478 e. The monoisotopic (exact) mass is 251 g/mol. The maximum absolute atomic E-state index is 14.0. The minimum atomic E-state index is -1.21. The number of aromatic carboxylic acids is 1. The molecule has 1 aromatic carbocycles. The average molecular weight is 251 g/mol. The molecule has 0 bridgehead atoms. The number of hydrogen-bond acceptors (Lipinski definition) is 2. The van der Waals surface area contributed by atoms with E-state index in [0.717, 1.165) is 25.8 Å². The van der Waals surface area contributed by atoms with Crippen LogP contribution in [0.1, 0.15) is 42.1 Å². The van der Waals surface area contributed by atoms with E-state index >= 15 is 0 Å².